The molecule has 1 N–H and O–H groups in total. The molecule has 3 aromatic rings. The Morgan fingerprint density at radius 3 is 2.83 bits per heavy atom. The van der Waals surface area contributed by atoms with Gasteiger partial charge in [-0.2, -0.15) is 5.26 Å². The van der Waals surface area contributed by atoms with E-state index in [9.17, 15) is 4.79 Å². The minimum atomic E-state index is -0.527. The van der Waals surface area contributed by atoms with Gasteiger partial charge < -0.3 is 5.32 Å². The molecule has 0 saturated heterocycles. The molecule has 3 rings (SSSR count). The number of benzene rings is 1. The van der Waals surface area contributed by atoms with Gasteiger partial charge in [0.05, 0.1) is 12.1 Å². The number of nitriles is 1. The minimum Gasteiger partial charge on any atom is -0.303 e. The topological polar surface area (TPSA) is 109 Å². The Hall–Kier alpha value is -3.60. The van der Waals surface area contributed by atoms with Crippen LogP contribution in [0.5, 0.6) is 0 Å². The fourth-order valence-electron chi connectivity index (χ4n) is 1.99. The van der Waals surface area contributed by atoms with E-state index in [1.807, 2.05) is 36.4 Å². The van der Waals surface area contributed by atoms with Gasteiger partial charge in [-0.1, -0.05) is 30.3 Å². The third kappa shape index (κ3) is 3.19. The van der Waals surface area contributed by atoms with Crippen molar-refractivity contribution in [3.63, 3.8) is 0 Å². The Morgan fingerprint density at radius 1 is 1.22 bits per heavy atom. The van der Waals surface area contributed by atoms with E-state index in [0.717, 1.165) is 5.56 Å². The number of amides is 1. The summed E-state index contributed by atoms with van der Waals surface area (Å²) in [5, 5.41) is 22.7. The average Bonchev–Trinajstić information content (AvgIpc) is 3.04. The molecule has 1 amide bonds. The summed E-state index contributed by atoms with van der Waals surface area (Å²) in [4.78, 5) is 16.3. The molecule has 0 bridgehead atoms. The largest absolute Gasteiger partial charge is 0.303 e. The number of nitrogens with zero attached hydrogens (tertiary/aromatic N) is 6. The highest BCUT2D eigenvalue weighted by Crippen LogP contribution is 2.11. The molecule has 0 unspecified atom stereocenters. The highest BCUT2D eigenvalue weighted by atomic mass is 16.2. The molecule has 0 aliphatic carbocycles. The summed E-state index contributed by atoms with van der Waals surface area (Å²) in [6.45, 7) is 0.365. The molecule has 0 spiro atoms. The van der Waals surface area contributed by atoms with Crippen molar-refractivity contribution in [2.45, 2.75) is 6.54 Å². The molecule has 0 radical (unpaired) electrons. The quantitative estimate of drug-likeness (QED) is 0.776. The molecule has 0 aliphatic rings. The molecule has 8 nitrogen and oxygen atoms in total. The van der Waals surface area contributed by atoms with Crippen LogP contribution in [-0.2, 0) is 6.54 Å². The fourth-order valence-corrected chi connectivity index (χ4v) is 1.99. The summed E-state index contributed by atoms with van der Waals surface area (Å²) < 4.78 is 1.39. The van der Waals surface area contributed by atoms with E-state index in [2.05, 4.69) is 25.8 Å². The van der Waals surface area contributed by atoms with Crippen LogP contribution in [0, 0.1) is 11.3 Å². The average molecular weight is 305 g/mol. The fraction of sp³-hybridized carbons (Fsp3) is 0.0667. The van der Waals surface area contributed by atoms with Gasteiger partial charge in [0, 0.05) is 6.20 Å². The van der Waals surface area contributed by atoms with Crippen LogP contribution in [0.25, 0.3) is 0 Å². The zero-order valence-corrected chi connectivity index (χ0v) is 11.9. The Morgan fingerprint density at radius 2 is 2.04 bits per heavy atom. The highest BCUT2D eigenvalue weighted by molar-refractivity contribution is 6.01. The maximum absolute atomic E-state index is 12.3. The van der Waals surface area contributed by atoms with E-state index in [0.29, 0.717) is 6.54 Å². The molecule has 0 aliphatic heterocycles. The van der Waals surface area contributed by atoms with E-state index in [1.165, 1.54) is 10.9 Å². The number of rotatable bonds is 4. The molecular weight excluding hydrogens is 294 g/mol. The van der Waals surface area contributed by atoms with E-state index in [-0.39, 0.29) is 17.2 Å². The standard InChI is InChI=1S/C15H11N7O/c16-9-12-7-4-8-17-13(12)18-15(23)14-19-20-21-22(14)10-11-5-2-1-3-6-11/h1-8H,10H2,(H,17,18,23). The van der Waals surface area contributed by atoms with Crippen LogP contribution in [0.1, 0.15) is 21.7 Å². The summed E-state index contributed by atoms with van der Waals surface area (Å²) >= 11 is 0. The second kappa shape index (κ2) is 6.44. The number of aromatic nitrogens is 5. The molecule has 0 atom stereocenters. The lowest BCUT2D eigenvalue weighted by molar-refractivity contribution is 0.101. The molecule has 0 fully saturated rings. The number of carbonyl (C=O) groups is 1. The van der Waals surface area contributed by atoms with Crippen molar-refractivity contribution in [3.8, 4) is 6.07 Å². The van der Waals surface area contributed by atoms with Gasteiger partial charge in [-0.15, -0.1) is 5.10 Å². The van der Waals surface area contributed by atoms with Crippen LogP contribution in [0.4, 0.5) is 5.82 Å². The van der Waals surface area contributed by atoms with Crippen LogP contribution in [0.2, 0.25) is 0 Å². The lowest BCUT2D eigenvalue weighted by Gasteiger charge is -2.06. The molecule has 2 heterocycles. The van der Waals surface area contributed by atoms with Gasteiger partial charge in [0.2, 0.25) is 5.82 Å². The van der Waals surface area contributed by atoms with Crippen LogP contribution in [-0.4, -0.2) is 31.1 Å². The number of anilines is 1. The number of pyridine rings is 1. The van der Waals surface area contributed by atoms with Gasteiger partial charge in [0.25, 0.3) is 5.91 Å². The van der Waals surface area contributed by atoms with Gasteiger partial charge >= 0.3 is 0 Å². The van der Waals surface area contributed by atoms with E-state index >= 15 is 0 Å². The first kappa shape index (κ1) is 14.3. The zero-order valence-electron chi connectivity index (χ0n) is 11.9. The first-order valence-corrected chi connectivity index (χ1v) is 6.74. The number of hydrogen-bond acceptors (Lipinski definition) is 6. The molecule has 2 aromatic heterocycles. The SMILES string of the molecule is N#Cc1cccnc1NC(=O)c1nnnn1Cc1ccccc1. The van der Waals surface area contributed by atoms with E-state index in [4.69, 9.17) is 5.26 Å². The van der Waals surface area contributed by atoms with Crippen LogP contribution in [0.15, 0.2) is 48.7 Å². The van der Waals surface area contributed by atoms with Gasteiger partial charge in [-0.25, -0.2) is 9.67 Å². The van der Waals surface area contributed by atoms with E-state index in [1.54, 1.807) is 12.1 Å². The number of carbonyl (C=O) groups excluding carboxylic acids is 1. The van der Waals surface area contributed by atoms with Crippen LogP contribution >= 0.6 is 0 Å². The third-order valence-electron chi connectivity index (χ3n) is 3.07. The first-order valence-electron chi connectivity index (χ1n) is 6.74. The maximum atomic E-state index is 12.3. The summed E-state index contributed by atoms with van der Waals surface area (Å²) in [7, 11) is 0. The molecule has 0 saturated carbocycles. The Kier molecular flexibility index (Phi) is 4.02. The number of tetrazole rings is 1. The second-order valence-electron chi connectivity index (χ2n) is 4.61. The van der Waals surface area contributed by atoms with Crippen molar-refractivity contribution in [2.75, 3.05) is 5.32 Å². The van der Waals surface area contributed by atoms with E-state index < -0.39 is 5.91 Å². The Balaban J connectivity index is 1.81. The van der Waals surface area contributed by atoms with Gasteiger partial charge in [0.1, 0.15) is 6.07 Å². The highest BCUT2D eigenvalue weighted by Gasteiger charge is 2.17. The predicted octanol–water partition coefficient (Wildman–Crippen LogP) is 1.24. The molecule has 23 heavy (non-hydrogen) atoms. The monoisotopic (exact) mass is 305 g/mol. The van der Waals surface area contributed by atoms with Crippen LogP contribution in [0.3, 0.4) is 0 Å². The van der Waals surface area contributed by atoms with Gasteiger partial charge in [-0.3, -0.25) is 4.79 Å². The van der Waals surface area contributed by atoms with Gasteiger partial charge in [-0.05, 0) is 28.1 Å². The molecular formula is C15H11N7O. The number of nitrogens with one attached hydrogen (secondary N) is 1. The Bertz CT molecular complexity index is 867. The predicted molar refractivity (Wildman–Crippen MR) is 80.3 cm³/mol. The van der Waals surface area contributed by atoms with Gasteiger partial charge in [0.15, 0.2) is 5.82 Å². The van der Waals surface area contributed by atoms with Crippen molar-refractivity contribution in [3.05, 3.63) is 65.6 Å². The van der Waals surface area contributed by atoms with Crippen LogP contribution < -0.4 is 5.32 Å². The summed E-state index contributed by atoms with van der Waals surface area (Å²) in [6.07, 6.45) is 1.49. The maximum Gasteiger partial charge on any atom is 0.296 e. The minimum absolute atomic E-state index is 0.0448. The summed E-state index contributed by atoms with van der Waals surface area (Å²) in [5.41, 5.74) is 1.23. The summed E-state index contributed by atoms with van der Waals surface area (Å²) in [6, 6.07) is 14.7. The molecule has 112 valence electrons. The normalized spacial score (nSPS) is 10.0. The smallest absolute Gasteiger partial charge is 0.296 e. The molecule has 1 aromatic carbocycles. The Labute approximate surface area is 131 Å². The second-order valence-corrected chi connectivity index (χ2v) is 4.61. The van der Waals surface area contributed by atoms with Crippen molar-refractivity contribution in [2.24, 2.45) is 0 Å². The van der Waals surface area contributed by atoms with Crippen molar-refractivity contribution < 1.29 is 4.79 Å². The first-order chi connectivity index (χ1) is 11.3. The number of hydrogen-bond donors (Lipinski definition) is 1. The lowest BCUT2D eigenvalue weighted by Crippen LogP contribution is -2.20. The third-order valence-corrected chi connectivity index (χ3v) is 3.07. The summed E-state index contributed by atoms with van der Waals surface area (Å²) in [5.74, 6) is -0.307. The lowest BCUT2D eigenvalue weighted by atomic mass is 10.2. The van der Waals surface area contributed by atoms with Crippen molar-refractivity contribution in [1.29, 1.82) is 5.26 Å². The van der Waals surface area contributed by atoms with Crippen molar-refractivity contribution >= 4 is 11.7 Å². The molecule has 8 heteroatoms. The van der Waals surface area contributed by atoms with Crippen molar-refractivity contribution in [1.82, 2.24) is 25.2 Å². The zero-order chi connectivity index (χ0) is 16.1.